The molecule has 0 saturated heterocycles. The molecule has 23 heavy (non-hydrogen) atoms. The molecule has 1 aromatic carbocycles. The van der Waals surface area contributed by atoms with Gasteiger partial charge in [0.05, 0.1) is 12.2 Å². The van der Waals surface area contributed by atoms with Gasteiger partial charge in [-0.1, -0.05) is 11.6 Å². The molecule has 0 spiro atoms. The molecule has 0 saturated carbocycles. The van der Waals surface area contributed by atoms with Crippen LogP contribution in [-0.4, -0.2) is 30.6 Å². The van der Waals surface area contributed by atoms with E-state index in [9.17, 15) is 4.79 Å². The van der Waals surface area contributed by atoms with E-state index >= 15 is 0 Å². The molecule has 1 aromatic heterocycles. The van der Waals surface area contributed by atoms with Crippen LogP contribution in [0.15, 0.2) is 36.5 Å². The maximum atomic E-state index is 12.2. The molecule has 0 aliphatic heterocycles. The van der Waals surface area contributed by atoms with Crippen LogP contribution in [-0.2, 0) is 0 Å². The molecule has 0 fully saturated rings. The Morgan fingerprint density at radius 1 is 1.30 bits per heavy atom. The van der Waals surface area contributed by atoms with Crippen LogP contribution in [0, 0.1) is 0 Å². The molecule has 0 radical (unpaired) electrons. The van der Waals surface area contributed by atoms with E-state index in [4.69, 9.17) is 26.8 Å². The van der Waals surface area contributed by atoms with Gasteiger partial charge in [-0.25, -0.2) is 4.98 Å². The van der Waals surface area contributed by atoms with Gasteiger partial charge in [0.25, 0.3) is 5.91 Å². The van der Waals surface area contributed by atoms with E-state index in [-0.39, 0.29) is 5.91 Å². The van der Waals surface area contributed by atoms with Crippen LogP contribution in [0.3, 0.4) is 0 Å². The quantitative estimate of drug-likeness (QED) is 0.812. The second-order valence-electron chi connectivity index (χ2n) is 4.56. The number of rotatable bonds is 7. The molecule has 0 aliphatic rings. The number of ether oxygens (including phenoxy) is 2. The highest BCUT2D eigenvalue weighted by molar-refractivity contribution is 6.32. The fraction of sp³-hybridized carbons (Fsp3) is 0.250. The molecule has 6 nitrogen and oxygen atoms in total. The van der Waals surface area contributed by atoms with Crippen LogP contribution < -0.4 is 20.5 Å². The number of hydrogen-bond acceptors (Lipinski definition) is 5. The Labute approximate surface area is 139 Å². The van der Waals surface area contributed by atoms with Crippen molar-refractivity contribution >= 4 is 23.2 Å². The molecule has 3 N–H and O–H groups in total. The normalized spacial score (nSPS) is 10.2. The Kier molecular flexibility index (Phi) is 6.19. The summed E-state index contributed by atoms with van der Waals surface area (Å²) in [4.78, 5) is 16.2. The first-order valence-electron chi connectivity index (χ1n) is 7.16. The number of hydrogen-bond donors (Lipinski definition) is 2. The van der Waals surface area contributed by atoms with E-state index in [2.05, 4.69) is 10.3 Å². The number of carbonyl (C=O) groups is 1. The van der Waals surface area contributed by atoms with Crippen molar-refractivity contribution < 1.29 is 14.3 Å². The predicted molar refractivity (Wildman–Crippen MR) is 89.4 cm³/mol. The van der Waals surface area contributed by atoms with Crippen molar-refractivity contribution in [3.05, 3.63) is 47.1 Å². The minimum Gasteiger partial charge on any atom is -0.492 e. The number of nitrogens with one attached hydrogen (secondary N) is 1. The van der Waals surface area contributed by atoms with Crippen molar-refractivity contribution in [1.29, 1.82) is 0 Å². The molecule has 1 amide bonds. The summed E-state index contributed by atoms with van der Waals surface area (Å²) in [5, 5.41) is 3.06. The highest BCUT2D eigenvalue weighted by Gasteiger charge is 2.11. The maximum absolute atomic E-state index is 12.2. The minimum absolute atomic E-state index is 0.296. The number of nitrogens with zero attached hydrogens (tertiary/aromatic N) is 1. The number of aromatic nitrogens is 1. The third kappa shape index (κ3) is 4.84. The highest BCUT2D eigenvalue weighted by Crippen LogP contribution is 2.23. The lowest BCUT2D eigenvalue weighted by Gasteiger charge is -2.09. The molecule has 1 heterocycles. The Morgan fingerprint density at radius 3 is 2.65 bits per heavy atom. The van der Waals surface area contributed by atoms with Crippen LogP contribution >= 0.6 is 11.6 Å². The predicted octanol–water partition coefficient (Wildman–Crippen LogP) is 2.72. The Balaban J connectivity index is 2.02. The summed E-state index contributed by atoms with van der Waals surface area (Å²) in [6, 6.07) is 8.53. The fourth-order valence-electron chi connectivity index (χ4n) is 1.81. The zero-order valence-electron chi connectivity index (χ0n) is 12.7. The van der Waals surface area contributed by atoms with Crippen molar-refractivity contribution in [2.75, 3.05) is 25.1 Å². The summed E-state index contributed by atoms with van der Waals surface area (Å²) in [7, 11) is 0. The summed E-state index contributed by atoms with van der Waals surface area (Å²) < 4.78 is 10.6. The Bertz CT molecular complexity index is 662. The van der Waals surface area contributed by atoms with Gasteiger partial charge in [0, 0.05) is 18.4 Å². The zero-order valence-corrected chi connectivity index (χ0v) is 13.5. The summed E-state index contributed by atoms with van der Waals surface area (Å²) >= 11 is 6.03. The molecule has 2 aromatic rings. The third-order valence-electron chi connectivity index (χ3n) is 2.85. The first-order chi connectivity index (χ1) is 11.1. The lowest BCUT2D eigenvalue weighted by atomic mass is 10.2. The number of anilines is 1. The number of carbonyl (C=O) groups excluding carboxylic acids is 1. The van der Waals surface area contributed by atoms with E-state index in [0.29, 0.717) is 47.7 Å². The van der Waals surface area contributed by atoms with E-state index in [1.165, 1.54) is 12.3 Å². The number of nitrogens with two attached hydrogens (primary N) is 1. The van der Waals surface area contributed by atoms with Gasteiger partial charge in [-0.05, 0) is 37.3 Å². The lowest BCUT2D eigenvalue weighted by Crippen LogP contribution is -2.13. The molecule has 0 unspecified atom stereocenters. The van der Waals surface area contributed by atoms with E-state index in [1.807, 2.05) is 6.92 Å². The van der Waals surface area contributed by atoms with Crippen LogP contribution in [0.4, 0.5) is 5.69 Å². The van der Waals surface area contributed by atoms with Crippen molar-refractivity contribution in [3.8, 4) is 11.6 Å². The monoisotopic (exact) mass is 335 g/mol. The van der Waals surface area contributed by atoms with Crippen molar-refractivity contribution in [2.24, 2.45) is 5.73 Å². The first kappa shape index (κ1) is 17.1. The fourth-order valence-corrected chi connectivity index (χ4v) is 2.03. The molecular formula is C16H18ClN3O3. The van der Waals surface area contributed by atoms with Gasteiger partial charge in [-0.2, -0.15) is 0 Å². The van der Waals surface area contributed by atoms with Crippen LogP contribution in [0.5, 0.6) is 11.6 Å². The largest absolute Gasteiger partial charge is 0.492 e. The summed E-state index contributed by atoms with van der Waals surface area (Å²) in [6.45, 7) is 3.18. The molecule has 0 aliphatic carbocycles. The zero-order chi connectivity index (χ0) is 16.7. The topological polar surface area (TPSA) is 86.5 Å². The lowest BCUT2D eigenvalue weighted by molar-refractivity contribution is 0.102. The molecule has 0 atom stereocenters. The van der Waals surface area contributed by atoms with Crippen molar-refractivity contribution in [3.63, 3.8) is 0 Å². The molecule has 122 valence electrons. The van der Waals surface area contributed by atoms with E-state index < -0.39 is 0 Å². The van der Waals surface area contributed by atoms with Gasteiger partial charge in [0.2, 0.25) is 5.88 Å². The molecule has 2 rings (SSSR count). The van der Waals surface area contributed by atoms with Gasteiger partial charge in [0.1, 0.15) is 17.4 Å². The maximum Gasteiger partial charge on any atom is 0.257 e. The summed E-state index contributed by atoms with van der Waals surface area (Å²) in [6.07, 6.45) is 1.42. The van der Waals surface area contributed by atoms with Gasteiger partial charge in [-0.15, -0.1) is 0 Å². The van der Waals surface area contributed by atoms with E-state index in [0.717, 1.165) is 0 Å². The van der Waals surface area contributed by atoms with Crippen LogP contribution in [0.25, 0.3) is 0 Å². The second-order valence-corrected chi connectivity index (χ2v) is 4.97. The average Bonchev–Trinajstić information content (AvgIpc) is 2.56. The van der Waals surface area contributed by atoms with Gasteiger partial charge in [0.15, 0.2) is 0 Å². The van der Waals surface area contributed by atoms with E-state index in [1.54, 1.807) is 24.3 Å². The minimum atomic E-state index is -0.307. The SMILES string of the molecule is CCOc1ncc(C(=O)Nc2ccc(OCCN)cc2)cc1Cl. The molecular weight excluding hydrogens is 318 g/mol. The van der Waals surface area contributed by atoms with Crippen LogP contribution in [0.1, 0.15) is 17.3 Å². The van der Waals surface area contributed by atoms with Gasteiger partial charge in [-0.3, -0.25) is 4.79 Å². The average molecular weight is 336 g/mol. The number of pyridine rings is 1. The highest BCUT2D eigenvalue weighted by atomic mass is 35.5. The first-order valence-corrected chi connectivity index (χ1v) is 7.54. The third-order valence-corrected chi connectivity index (χ3v) is 3.12. The van der Waals surface area contributed by atoms with Crippen molar-refractivity contribution in [2.45, 2.75) is 6.92 Å². The van der Waals surface area contributed by atoms with Gasteiger partial charge >= 0.3 is 0 Å². The number of benzene rings is 1. The smallest absolute Gasteiger partial charge is 0.257 e. The molecule has 7 heteroatoms. The summed E-state index contributed by atoms with van der Waals surface area (Å²) in [5.41, 5.74) is 6.36. The number of amides is 1. The Morgan fingerprint density at radius 2 is 2.04 bits per heavy atom. The second kappa shape index (κ2) is 8.36. The molecule has 0 bridgehead atoms. The van der Waals surface area contributed by atoms with Crippen LogP contribution in [0.2, 0.25) is 5.02 Å². The number of halogens is 1. The van der Waals surface area contributed by atoms with Crippen molar-refractivity contribution in [1.82, 2.24) is 4.98 Å². The summed E-state index contributed by atoms with van der Waals surface area (Å²) in [5.74, 6) is 0.699. The Hall–Kier alpha value is -2.31. The standard InChI is InChI=1S/C16H18ClN3O3/c1-2-22-16-14(17)9-11(10-19-16)15(21)20-12-3-5-13(6-4-12)23-8-7-18/h3-6,9-10H,2,7-8,18H2,1H3,(H,20,21). The van der Waals surface area contributed by atoms with Gasteiger partial charge < -0.3 is 20.5 Å².